The number of hydrogen-bond donors (Lipinski definition) is 3. The quantitative estimate of drug-likeness (QED) is 0.0836. The van der Waals surface area contributed by atoms with Crippen molar-refractivity contribution in [2.45, 2.75) is 71.3 Å². The molecule has 3 N–H and O–H groups in total. The lowest BCUT2D eigenvalue weighted by molar-refractivity contribution is 0.0478. The van der Waals surface area contributed by atoms with E-state index in [4.69, 9.17) is 14.8 Å². The average Bonchev–Trinajstić information content (AvgIpc) is 3.56. The first-order chi connectivity index (χ1) is 21.9. The van der Waals surface area contributed by atoms with Crippen LogP contribution in [0, 0.1) is 0 Å². The Hall–Kier alpha value is -4.07. The molecule has 1 fully saturated rings. The summed E-state index contributed by atoms with van der Waals surface area (Å²) in [5, 5.41) is 24.9. The Bertz CT molecular complexity index is 1480. The normalized spacial score (nSPS) is 14.5. The zero-order valence-corrected chi connectivity index (χ0v) is 27.5. The van der Waals surface area contributed by atoms with E-state index in [-0.39, 0.29) is 12.6 Å². The third kappa shape index (κ3) is 9.96. The van der Waals surface area contributed by atoms with Gasteiger partial charge < -0.3 is 25.2 Å². The van der Waals surface area contributed by atoms with Crippen molar-refractivity contribution in [3.63, 3.8) is 0 Å². The highest BCUT2D eigenvalue weighted by atomic mass is 32.1. The molecule has 45 heavy (non-hydrogen) atoms. The van der Waals surface area contributed by atoms with Crippen LogP contribution in [0.5, 0.6) is 0 Å². The summed E-state index contributed by atoms with van der Waals surface area (Å²) in [6.45, 7) is 12.7. The van der Waals surface area contributed by atoms with E-state index in [1.54, 1.807) is 23.5 Å². The Kier molecular flexibility index (Phi) is 13.1. The largest absolute Gasteiger partial charge is 0.513 e. The van der Waals surface area contributed by atoms with Crippen LogP contribution in [-0.2, 0) is 11.3 Å². The van der Waals surface area contributed by atoms with Crippen molar-refractivity contribution in [1.29, 1.82) is 0 Å². The number of allylic oxidation sites excluding steroid dienone is 5. The Balaban J connectivity index is 1.58. The van der Waals surface area contributed by atoms with Crippen LogP contribution in [-0.4, -0.2) is 28.5 Å². The van der Waals surface area contributed by atoms with Gasteiger partial charge >= 0.3 is 0 Å². The van der Waals surface area contributed by atoms with Gasteiger partial charge in [-0.05, 0) is 84.7 Å². The van der Waals surface area contributed by atoms with E-state index in [9.17, 15) is 5.11 Å². The van der Waals surface area contributed by atoms with Crippen molar-refractivity contribution < 1.29 is 14.9 Å². The van der Waals surface area contributed by atoms with E-state index >= 15 is 0 Å². The molecule has 0 atom stereocenters. The zero-order valence-electron chi connectivity index (χ0n) is 26.7. The van der Waals surface area contributed by atoms with Gasteiger partial charge in [-0.25, -0.2) is 4.98 Å². The van der Waals surface area contributed by atoms with Crippen molar-refractivity contribution in [3.8, 4) is 0 Å². The SMILES string of the molecule is C=C(O)CCN/C(=C\CC)c1ccc(CN(c2ccc(C3CCCCC3)cc2)c2nc(C(=C)/C=C\C(=C/C)OCO)cs2)cc1. The van der Waals surface area contributed by atoms with Gasteiger partial charge in [-0.2, -0.15) is 0 Å². The summed E-state index contributed by atoms with van der Waals surface area (Å²) in [6, 6.07) is 17.7. The van der Waals surface area contributed by atoms with Gasteiger partial charge in [0.25, 0.3) is 0 Å². The molecule has 7 heteroatoms. The highest BCUT2D eigenvalue weighted by Gasteiger charge is 2.19. The number of benzene rings is 2. The first-order valence-electron chi connectivity index (χ1n) is 15.9. The number of aromatic nitrogens is 1. The van der Waals surface area contributed by atoms with E-state index < -0.39 is 0 Å². The Morgan fingerprint density at radius 2 is 1.80 bits per heavy atom. The molecule has 1 heterocycles. The number of aliphatic hydroxyl groups excluding tert-OH is 2. The molecular formula is C38H47N3O3S. The predicted octanol–water partition coefficient (Wildman–Crippen LogP) is 9.77. The predicted molar refractivity (Wildman–Crippen MR) is 189 cm³/mol. The number of anilines is 2. The monoisotopic (exact) mass is 625 g/mol. The molecule has 1 aromatic heterocycles. The third-order valence-corrected chi connectivity index (χ3v) is 8.90. The molecule has 0 unspecified atom stereocenters. The van der Waals surface area contributed by atoms with Crippen LogP contribution in [0.3, 0.4) is 0 Å². The molecule has 6 nitrogen and oxygen atoms in total. The lowest BCUT2D eigenvalue weighted by Crippen LogP contribution is -2.17. The topological polar surface area (TPSA) is 77.9 Å². The number of thiazole rings is 1. The first-order valence-corrected chi connectivity index (χ1v) is 16.8. The summed E-state index contributed by atoms with van der Waals surface area (Å²) < 4.78 is 5.21. The van der Waals surface area contributed by atoms with E-state index in [0.717, 1.165) is 39.8 Å². The van der Waals surface area contributed by atoms with E-state index in [0.29, 0.717) is 31.2 Å². The molecule has 1 aliphatic carbocycles. The number of aliphatic hydroxyl groups is 2. The Morgan fingerprint density at radius 1 is 1.07 bits per heavy atom. The molecule has 1 aliphatic rings. The van der Waals surface area contributed by atoms with E-state index in [1.807, 2.05) is 18.4 Å². The zero-order chi connectivity index (χ0) is 32.0. The number of nitrogens with one attached hydrogen (secondary N) is 1. The van der Waals surface area contributed by atoms with E-state index in [2.05, 4.69) is 84.9 Å². The maximum atomic E-state index is 9.48. The minimum absolute atomic E-state index is 0.184. The highest BCUT2D eigenvalue weighted by molar-refractivity contribution is 7.14. The highest BCUT2D eigenvalue weighted by Crippen LogP contribution is 2.36. The lowest BCUT2D eigenvalue weighted by atomic mass is 9.84. The van der Waals surface area contributed by atoms with Gasteiger partial charge in [-0.3, -0.25) is 0 Å². The minimum Gasteiger partial charge on any atom is -0.513 e. The number of hydrogen-bond acceptors (Lipinski definition) is 7. The van der Waals surface area contributed by atoms with Gasteiger partial charge in [0.15, 0.2) is 11.9 Å². The van der Waals surface area contributed by atoms with Gasteiger partial charge in [-0.1, -0.05) is 81.8 Å². The Morgan fingerprint density at radius 3 is 2.44 bits per heavy atom. The fourth-order valence-electron chi connectivity index (χ4n) is 5.55. The van der Waals surface area contributed by atoms with Gasteiger partial charge in [0.05, 0.1) is 18.0 Å². The Labute approximate surface area is 272 Å². The van der Waals surface area contributed by atoms with Crippen molar-refractivity contribution in [2.75, 3.05) is 18.2 Å². The van der Waals surface area contributed by atoms with Gasteiger partial charge in [0.1, 0.15) is 5.76 Å². The second-order valence-corrected chi connectivity index (χ2v) is 12.2. The van der Waals surface area contributed by atoms with Crippen LogP contribution in [0.15, 0.2) is 103 Å². The van der Waals surface area contributed by atoms with Crippen LogP contribution in [0.2, 0.25) is 0 Å². The van der Waals surface area contributed by atoms with Crippen LogP contribution >= 0.6 is 11.3 Å². The molecule has 2 aromatic carbocycles. The smallest absolute Gasteiger partial charge is 0.190 e. The summed E-state index contributed by atoms with van der Waals surface area (Å²) in [5.74, 6) is 1.41. The van der Waals surface area contributed by atoms with Crippen molar-refractivity contribution >= 4 is 33.4 Å². The summed E-state index contributed by atoms with van der Waals surface area (Å²) in [7, 11) is 0. The molecule has 1 saturated carbocycles. The summed E-state index contributed by atoms with van der Waals surface area (Å²) in [6.07, 6.45) is 15.6. The third-order valence-electron chi connectivity index (χ3n) is 8.04. The van der Waals surface area contributed by atoms with Crippen LogP contribution in [0.1, 0.15) is 87.1 Å². The van der Waals surface area contributed by atoms with Crippen molar-refractivity contribution in [2.24, 2.45) is 0 Å². The first kappa shape index (κ1) is 33.8. The maximum Gasteiger partial charge on any atom is 0.190 e. The second kappa shape index (κ2) is 17.4. The minimum atomic E-state index is -0.376. The second-order valence-electron chi connectivity index (χ2n) is 11.3. The molecule has 0 saturated heterocycles. The molecule has 0 aliphatic heterocycles. The molecule has 238 valence electrons. The van der Waals surface area contributed by atoms with Crippen LogP contribution in [0.4, 0.5) is 10.8 Å². The summed E-state index contributed by atoms with van der Waals surface area (Å²) >= 11 is 1.60. The molecule has 3 aromatic rings. The van der Waals surface area contributed by atoms with Crippen LogP contribution in [0.25, 0.3) is 11.3 Å². The van der Waals surface area contributed by atoms with Gasteiger partial charge in [-0.15, -0.1) is 11.3 Å². The average molecular weight is 626 g/mol. The van der Waals surface area contributed by atoms with Gasteiger partial charge in [0.2, 0.25) is 0 Å². The standard InChI is InChI=1S/C38H47N3O3S/c1-5-10-36(39-24-23-29(4)43)33-16-14-30(15-17-33)25-41(34-20-18-32(19-21-34)31-11-8-7-9-12-31)38-40-37(26-45-38)28(3)13-22-35(6-2)44-27-42/h6,10,13-22,26,31,39,42-43H,3-5,7-9,11-12,23-25,27H2,1-2H3/b22-13-,35-6+,36-10-. The molecular weight excluding hydrogens is 579 g/mol. The summed E-state index contributed by atoms with van der Waals surface area (Å²) in [5.41, 5.74) is 7.44. The molecule has 0 radical (unpaired) electrons. The van der Waals surface area contributed by atoms with Gasteiger partial charge in [0, 0.05) is 29.7 Å². The van der Waals surface area contributed by atoms with E-state index in [1.165, 1.54) is 43.2 Å². The summed E-state index contributed by atoms with van der Waals surface area (Å²) in [4.78, 5) is 7.27. The molecule has 4 rings (SSSR count). The van der Waals surface area contributed by atoms with Crippen molar-refractivity contribution in [1.82, 2.24) is 10.3 Å². The molecule has 0 amide bonds. The number of ether oxygens (including phenoxy) is 1. The van der Waals surface area contributed by atoms with Crippen LogP contribution < -0.4 is 10.2 Å². The fraction of sp³-hybridized carbons (Fsp3) is 0.342. The fourth-order valence-corrected chi connectivity index (χ4v) is 6.42. The molecule has 0 spiro atoms. The maximum absolute atomic E-state index is 9.48. The lowest BCUT2D eigenvalue weighted by Gasteiger charge is -2.25. The molecule has 0 bridgehead atoms. The number of rotatable bonds is 16. The van der Waals surface area contributed by atoms with Crippen molar-refractivity contribution in [3.05, 3.63) is 125 Å². The number of nitrogens with zero attached hydrogens (tertiary/aromatic N) is 2.